The van der Waals surface area contributed by atoms with Crippen LogP contribution in [0.1, 0.15) is 50.5 Å². The van der Waals surface area contributed by atoms with Crippen LogP contribution in [0, 0.1) is 12.8 Å². The molecule has 1 aromatic rings. The average molecular weight is 262 g/mol. The number of aryl methyl sites for hydroxylation is 1. The Morgan fingerprint density at radius 1 is 1.32 bits per heavy atom. The Morgan fingerprint density at radius 3 is 2.58 bits per heavy atom. The van der Waals surface area contributed by atoms with Crippen molar-refractivity contribution in [1.29, 1.82) is 0 Å². The summed E-state index contributed by atoms with van der Waals surface area (Å²) in [7, 11) is 0. The molecule has 106 valence electrons. The Labute approximate surface area is 116 Å². The summed E-state index contributed by atoms with van der Waals surface area (Å²) in [5.41, 5.74) is 7.19. The first-order chi connectivity index (χ1) is 9.13. The molecule has 1 saturated heterocycles. The molecule has 2 heterocycles. The van der Waals surface area contributed by atoms with E-state index in [1.807, 2.05) is 19.3 Å². The molecular formula is C15H26N4. The number of piperidine rings is 1. The minimum atomic E-state index is 0.258. The second-order valence-corrected chi connectivity index (χ2v) is 5.86. The predicted molar refractivity (Wildman–Crippen MR) is 77.7 cm³/mol. The molecular weight excluding hydrogens is 236 g/mol. The van der Waals surface area contributed by atoms with E-state index in [-0.39, 0.29) is 6.04 Å². The first-order valence-electron chi connectivity index (χ1n) is 7.38. The number of likely N-dealkylation sites (tertiary alicyclic amines) is 1. The molecule has 0 aliphatic carbocycles. The fourth-order valence-corrected chi connectivity index (χ4v) is 3.12. The maximum Gasteiger partial charge on any atom is 0.125 e. The summed E-state index contributed by atoms with van der Waals surface area (Å²) in [4.78, 5) is 11.2. The Bertz CT molecular complexity index is 388. The average Bonchev–Trinajstić information content (AvgIpc) is 2.42. The lowest BCUT2D eigenvalue weighted by atomic mass is 9.90. The van der Waals surface area contributed by atoms with Gasteiger partial charge in [0.15, 0.2) is 0 Å². The van der Waals surface area contributed by atoms with Crippen molar-refractivity contribution in [3.05, 3.63) is 23.8 Å². The zero-order valence-electron chi connectivity index (χ0n) is 12.3. The summed E-state index contributed by atoms with van der Waals surface area (Å²) in [5, 5.41) is 0. The number of hydrogen-bond acceptors (Lipinski definition) is 4. The van der Waals surface area contributed by atoms with Crippen LogP contribution < -0.4 is 5.73 Å². The van der Waals surface area contributed by atoms with Crippen molar-refractivity contribution >= 4 is 0 Å². The van der Waals surface area contributed by atoms with E-state index in [2.05, 4.69) is 28.7 Å². The second-order valence-electron chi connectivity index (χ2n) is 5.86. The van der Waals surface area contributed by atoms with Crippen molar-refractivity contribution in [2.75, 3.05) is 13.1 Å². The molecule has 0 radical (unpaired) electrons. The normalized spacial score (nSPS) is 22.7. The van der Waals surface area contributed by atoms with Crippen LogP contribution in [0.4, 0.5) is 0 Å². The minimum Gasteiger partial charge on any atom is -0.329 e. The van der Waals surface area contributed by atoms with Crippen LogP contribution in [0.3, 0.4) is 0 Å². The van der Waals surface area contributed by atoms with Crippen LogP contribution in [0.2, 0.25) is 0 Å². The molecule has 4 nitrogen and oxygen atoms in total. The maximum atomic E-state index is 6.04. The molecule has 4 heteroatoms. The Balaban J connectivity index is 2.21. The summed E-state index contributed by atoms with van der Waals surface area (Å²) >= 11 is 0. The largest absolute Gasteiger partial charge is 0.329 e. The molecule has 1 aliphatic heterocycles. The van der Waals surface area contributed by atoms with Gasteiger partial charge in [-0.15, -0.1) is 0 Å². The topological polar surface area (TPSA) is 55.0 Å². The SMILES string of the molecule is Cc1ncc(C(CN)N2CCCCC2C(C)C)cn1. The van der Waals surface area contributed by atoms with Gasteiger partial charge in [-0.1, -0.05) is 20.3 Å². The van der Waals surface area contributed by atoms with Crippen LogP contribution >= 0.6 is 0 Å². The highest BCUT2D eigenvalue weighted by Gasteiger charge is 2.31. The highest BCUT2D eigenvalue weighted by Crippen LogP contribution is 2.31. The van der Waals surface area contributed by atoms with Crippen LogP contribution in [0.15, 0.2) is 12.4 Å². The van der Waals surface area contributed by atoms with E-state index in [1.165, 1.54) is 19.3 Å². The van der Waals surface area contributed by atoms with E-state index in [1.54, 1.807) is 0 Å². The molecule has 2 rings (SSSR count). The molecule has 0 saturated carbocycles. The monoisotopic (exact) mass is 262 g/mol. The van der Waals surface area contributed by atoms with Crippen molar-refractivity contribution in [3.8, 4) is 0 Å². The van der Waals surface area contributed by atoms with Crippen molar-refractivity contribution in [3.63, 3.8) is 0 Å². The Kier molecular flexibility index (Phi) is 4.88. The van der Waals surface area contributed by atoms with Gasteiger partial charge < -0.3 is 5.73 Å². The number of nitrogens with zero attached hydrogens (tertiary/aromatic N) is 3. The molecule has 2 N–H and O–H groups in total. The first-order valence-corrected chi connectivity index (χ1v) is 7.38. The van der Waals surface area contributed by atoms with Gasteiger partial charge in [-0.3, -0.25) is 4.90 Å². The predicted octanol–water partition coefficient (Wildman–Crippen LogP) is 2.30. The lowest BCUT2D eigenvalue weighted by Crippen LogP contribution is -2.47. The van der Waals surface area contributed by atoms with Crippen LogP contribution in [-0.4, -0.2) is 34.0 Å². The van der Waals surface area contributed by atoms with Gasteiger partial charge in [0.2, 0.25) is 0 Å². The van der Waals surface area contributed by atoms with E-state index < -0.39 is 0 Å². The second kappa shape index (κ2) is 6.44. The third-order valence-electron chi connectivity index (χ3n) is 4.17. The summed E-state index contributed by atoms with van der Waals surface area (Å²) in [6.45, 7) is 8.30. The van der Waals surface area contributed by atoms with E-state index in [9.17, 15) is 0 Å². The van der Waals surface area contributed by atoms with Gasteiger partial charge in [-0.2, -0.15) is 0 Å². The summed E-state index contributed by atoms with van der Waals surface area (Å²) in [5.74, 6) is 1.49. The van der Waals surface area contributed by atoms with E-state index in [0.717, 1.165) is 17.9 Å². The van der Waals surface area contributed by atoms with Gasteiger partial charge >= 0.3 is 0 Å². The van der Waals surface area contributed by atoms with E-state index in [4.69, 9.17) is 5.73 Å². The van der Waals surface area contributed by atoms with Crippen LogP contribution in [0.25, 0.3) is 0 Å². The third-order valence-corrected chi connectivity index (χ3v) is 4.17. The molecule has 1 aliphatic rings. The lowest BCUT2D eigenvalue weighted by Gasteiger charge is -2.43. The highest BCUT2D eigenvalue weighted by atomic mass is 15.2. The molecule has 1 aromatic heterocycles. The van der Waals surface area contributed by atoms with Crippen molar-refractivity contribution in [1.82, 2.24) is 14.9 Å². The third kappa shape index (κ3) is 3.31. The van der Waals surface area contributed by atoms with Crippen LogP contribution in [0.5, 0.6) is 0 Å². The number of nitrogens with two attached hydrogens (primary N) is 1. The van der Waals surface area contributed by atoms with Gasteiger partial charge in [0.1, 0.15) is 5.82 Å². The molecule has 2 atom stereocenters. The molecule has 0 aromatic carbocycles. The molecule has 0 bridgehead atoms. The molecule has 1 fully saturated rings. The van der Waals surface area contributed by atoms with Gasteiger partial charge in [-0.25, -0.2) is 9.97 Å². The fourth-order valence-electron chi connectivity index (χ4n) is 3.12. The zero-order chi connectivity index (χ0) is 13.8. The lowest BCUT2D eigenvalue weighted by molar-refractivity contribution is 0.0683. The Hall–Kier alpha value is -1.00. The standard InChI is InChI=1S/C15H26N4/c1-11(2)14-6-4-5-7-19(14)15(8-16)13-9-17-12(3)18-10-13/h9-11,14-15H,4-8,16H2,1-3H3. The number of aromatic nitrogens is 2. The van der Waals surface area contributed by atoms with Crippen molar-refractivity contribution in [2.24, 2.45) is 11.7 Å². The van der Waals surface area contributed by atoms with E-state index >= 15 is 0 Å². The quantitative estimate of drug-likeness (QED) is 0.904. The fraction of sp³-hybridized carbons (Fsp3) is 0.733. The number of hydrogen-bond donors (Lipinski definition) is 1. The van der Waals surface area contributed by atoms with Gasteiger partial charge in [-0.05, 0) is 32.2 Å². The first kappa shape index (κ1) is 14.4. The maximum absolute atomic E-state index is 6.04. The summed E-state index contributed by atoms with van der Waals surface area (Å²) in [6.07, 6.45) is 7.76. The molecule has 0 spiro atoms. The smallest absolute Gasteiger partial charge is 0.125 e. The van der Waals surface area contributed by atoms with Crippen molar-refractivity contribution in [2.45, 2.75) is 52.1 Å². The highest BCUT2D eigenvalue weighted by molar-refractivity contribution is 5.12. The zero-order valence-corrected chi connectivity index (χ0v) is 12.3. The molecule has 2 unspecified atom stereocenters. The van der Waals surface area contributed by atoms with Crippen molar-refractivity contribution < 1.29 is 0 Å². The molecule has 19 heavy (non-hydrogen) atoms. The van der Waals surface area contributed by atoms with Gasteiger partial charge in [0, 0.05) is 30.5 Å². The van der Waals surface area contributed by atoms with Gasteiger partial charge in [0.25, 0.3) is 0 Å². The summed E-state index contributed by atoms with van der Waals surface area (Å²) < 4.78 is 0. The summed E-state index contributed by atoms with van der Waals surface area (Å²) in [6, 6.07) is 0.886. The molecule has 0 amide bonds. The van der Waals surface area contributed by atoms with Gasteiger partial charge in [0.05, 0.1) is 6.04 Å². The van der Waals surface area contributed by atoms with E-state index in [0.29, 0.717) is 18.5 Å². The number of rotatable bonds is 4. The minimum absolute atomic E-state index is 0.258. The Morgan fingerprint density at radius 2 is 2.00 bits per heavy atom. The van der Waals surface area contributed by atoms with Crippen LogP contribution in [-0.2, 0) is 0 Å².